The molecular weight excluding hydrogens is 240 g/mol. The van der Waals surface area contributed by atoms with Crippen LogP contribution in [-0.4, -0.2) is 42.3 Å². The summed E-state index contributed by atoms with van der Waals surface area (Å²) >= 11 is 0. The van der Waals surface area contributed by atoms with Gasteiger partial charge in [0.15, 0.2) is 0 Å². The first kappa shape index (κ1) is 14.1. The quantitative estimate of drug-likeness (QED) is 0.879. The lowest BCUT2D eigenvalue weighted by Gasteiger charge is -2.35. The zero-order valence-electron chi connectivity index (χ0n) is 12.1. The van der Waals surface area contributed by atoms with E-state index in [0.29, 0.717) is 11.9 Å². The predicted octanol–water partition coefficient (Wildman–Crippen LogP) is 1.84. The number of likely N-dealkylation sites (N-methyl/N-ethyl adjacent to an activating group) is 1. The monoisotopic (exact) mass is 264 g/mol. The van der Waals surface area contributed by atoms with E-state index in [-0.39, 0.29) is 6.10 Å². The summed E-state index contributed by atoms with van der Waals surface area (Å²) < 4.78 is 5.65. The number of hydrogen-bond donors (Lipinski definition) is 1. The first-order valence-corrected chi connectivity index (χ1v) is 7.11. The molecule has 1 saturated heterocycles. The van der Waals surface area contributed by atoms with E-state index in [1.54, 1.807) is 6.20 Å². The minimum Gasteiger partial charge on any atom is -0.475 e. The molecule has 0 aliphatic carbocycles. The van der Waals surface area contributed by atoms with Crippen LogP contribution in [0.5, 0.6) is 5.88 Å². The van der Waals surface area contributed by atoms with Crippen molar-refractivity contribution >= 4 is 5.95 Å². The van der Waals surface area contributed by atoms with Crippen LogP contribution in [0.1, 0.15) is 33.1 Å². The first-order valence-electron chi connectivity index (χ1n) is 7.11. The average Bonchev–Trinajstić information content (AvgIpc) is 2.39. The van der Waals surface area contributed by atoms with Crippen LogP contribution in [0.2, 0.25) is 0 Å². The van der Waals surface area contributed by atoms with Gasteiger partial charge in [0.05, 0.1) is 6.10 Å². The summed E-state index contributed by atoms with van der Waals surface area (Å²) in [4.78, 5) is 11.2. The molecule has 0 bridgehead atoms. The van der Waals surface area contributed by atoms with Gasteiger partial charge in [-0.05, 0) is 40.2 Å². The van der Waals surface area contributed by atoms with Crippen molar-refractivity contribution in [1.82, 2.24) is 15.3 Å². The third-order valence-electron chi connectivity index (χ3n) is 3.30. The molecule has 19 heavy (non-hydrogen) atoms. The molecule has 0 aromatic carbocycles. The zero-order valence-corrected chi connectivity index (χ0v) is 12.1. The Balaban J connectivity index is 2.14. The summed E-state index contributed by atoms with van der Waals surface area (Å²) in [6, 6.07) is 2.30. The van der Waals surface area contributed by atoms with Crippen molar-refractivity contribution < 1.29 is 4.74 Å². The second-order valence-corrected chi connectivity index (χ2v) is 5.26. The van der Waals surface area contributed by atoms with Gasteiger partial charge in [0.2, 0.25) is 11.8 Å². The number of hydrogen-bond acceptors (Lipinski definition) is 5. The van der Waals surface area contributed by atoms with Crippen molar-refractivity contribution in [3.8, 4) is 5.88 Å². The fourth-order valence-corrected chi connectivity index (χ4v) is 2.49. The average molecular weight is 264 g/mol. The van der Waals surface area contributed by atoms with Crippen molar-refractivity contribution in [2.75, 3.05) is 25.0 Å². The fraction of sp³-hybridized carbons (Fsp3) is 0.714. The van der Waals surface area contributed by atoms with Crippen LogP contribution in [-0.2, 0) is 0 Å². The highest BCUT2D eigenvalue weighted by molar-refractivity contribution is 5.34. The Morgan fingerprint density at radius 2 is 2.32 bits per heavy atom. The molecule has 2 heterocycles. The van der Waals surface area contributed by atoms with E-state index in [1.165, 1.54) is 19.3 Å². The SMILES string of the molecule is CNCC1CCCCN1c1nccc(OC(C)C)n1. The Labute approximate surface area is 115 Å². The molecule has 1 N–H and O–H groups in total. The number of rotatable bonds is 5. The van der Waals surface area contributed by atoms with Gasteiger partial charge in [0, 0.05) is 31.4 Å². The largest absolute Gasteiger partial charge is 0.475 e. The minimum atomic E-state index is 0.136. The van der Waals surface area contributed by atoms with Gasteiger partial charge in [-0.2, -0.15) is 4.98 Å². The number of piperidine rings is 1. The van der Waals surface area contributed by atoms with Gasteiger partial charge in [-0.3, -0.25) is 0 Å². The van der Waals surface area contributed by atoms with Crippen molar-refractivity contribution in [3.05, 3.63) is 12.3 Å². The van der Waals surface area contributed by atoms with E-state index < -0.39 is 0 Å². The number of aromatic nitrogens is 2. The van der Waals surface area contributed by atoms with Crippen LogP contribution in [0.3, 0.4) is 0 Å². The van der Waals surface area contributed by atoms with Crippen LogP contribution in [0, 0.1) is 0 Å². The highest BCUT2D eigenvalue weighted by Gasteiger charge is 2.24. The molecule has 106 valence electrons. The van der Waals surface area contributed by atoms with Crippen molar-refractivity contribution in [2.45, 2.75) is 45.3 Å². The molecule has 0 radical (unpaired) electrons. The van der Waals surface area contributed by atoms with Gasteiger partial charge in [-0.25, -0.2) is 4.98 Å². The van der Waals surface area contributed by atoms with Gasteiger partial charge >= 0.3 is 0 Å². The maximum atomic E-state index is 5.65. The fourth-order valence-electron chi connectivity index (χ4n) is 2.49. The molecule has 1 aromatic heterocycles. The van der Waals surface area contributed by atoms with Crippen LogP contribution in [0.15, 0.2) is 12.3 Å². The van der Waals surface area contributed by atoms with Gasteiger partial charge in [0.25, 0.3) is 0 Å². The molecule has 1 aliphatic heterocycles. The number of nitrogens with one attached hydrogen (secondary N) is 1. The van der Waals surface area contributed by atoms with E-state index in [1.807, 2.05) is 27.0 Å². The molecule has 1 fully saturated rings. The molecule has 1 atom stereocenters. The number of nitrogens with zero attached hydrogens (tertiary/aromatic N) is 3. The molecule has 1 aromatic rings. The normalized spacial score (nSPS) is 19.8. The molecule has 1 aliphatic rings. The Bertz CT molecular complexity index is 395. The molecular formula is C14H24N4O. The lowest BCUT2D eigenvalue weighted by atomic mass is 10.0. The molecule has 5 heteroatoms. The van der Waals surface area contributed by atoms with Gasteiger partial charge in [-0.1, -0.05) is 0 Å². The topological polar surface area (TPSA) is 50.3 Å². The summed E-state index contributed by atoms with van der Waals surface area (Å²) in [5, 5.41) is 3.26. The van der Waals surface area contributed by atoms with Crippen LogP contribution >= 0.6 is 0 Å². The minimum absolute atomic E-state index is 0.136. The predicted molar refractivity (Wildman–Crippen MR) is 76.7 cm³/mol. The molecule has 0 spiro atoms. The van der Waals surface area contributed by atoms with Crippen molar-refractivity contribution in [2.24, 2.45) is 0 Å². The maximum Gasteiger partial charge on any atom is 0.228 e. The lowest BCUT2D eigenvalue weighted by molar-refractivity contribution is 0.232. The van der Waals surface area contributed by atoms with Gasteiger partial charge < -0.3 is 15.0 Å². The second kappa shape index (κ2) is 6.70. The van der Waals surface area contributed by atoms with Crippen LogP contribution in [0.4, 0.5) is 5.95 Å². The molecule has 1 unspecified atom stereocenters. The summed E-state index contributed by atoms with van der Waals surface area (Å²) in [7, 11) is 1.99. The van der Waals surface area contributed by atoms with Crippen LogP contribution in [0.25, 0.3) is 0 Å². The highest BCUT2D eigenvalue weighted by atomic mass is 16.5. The third-order valence-corrected chi connectivity index (χ3v) is 3.30. The summed E-state index contributed by atoms with van der Waals surface area (Å²) in [6.07, 6.45) is 5.60. The summed E-state index contributed by atoms with van der Waals surface area (Å²) in [6.45, 7) is 6.01. The smallest absolute Gasteiger partial charge is 0.228 e. The third kappa shape index (κ3) is 3.80. The van der Waals surface area contributed by atoms with Crippen molar-refractivity contribution in [1.29, 1.82) is 0 Å². The highest BCUT2D eigenvalue weighted by Crippen LogP contribution is 2.22. The molecule has 5 nitrogen and oxygen atoms in total. The Kier molecular flexibility index (Phi) is 4.96. The Hall–Kier alpha value is -1.36. The standard InChI is InChI=1S/C14H24N4O/c1-11(2)19-13-7-8-16-14(17-13)18-9-5-4-6-12(18)10-15-3/h7-8,11-12,15H,4-6,9-10H2,1-3H3. The molecule has 0 amide bonds. The molecule has 0 saturated carbocycles. The van der Waals surface area contributed by atoms with E-state index in [9.17, 15) is 0 Å². The van der Waals surface area contributed by atoms with Gasteiger partial charge in [0.1, 0.15) is 0 Å². The zero-order chi connectivity index (χ0) is 13.7. The molecule has 2 rings (SSSR count). The Morgan fingerprint density at radius 1 is 1.47 bits per heavy atom. The second-order valence-electron chi connectivity index (χ2n) is 5.26. The van der Waals surface area contributed by atoms with E-state index in [4.69, 9.17) is 4.74 Å². The number of ether oxygens (including phenoxy) is 1. The van der Waals surface area contributed by atoms with E-state index in [2.05, 4.69) is 20.2 Å². The van der Waals surface area contributed by atoms with E-state index >= 15 is 0 Å². The Morgan fingerprint density at radius 3 is 3.05 bits per heavy atom. The summed E-state index contributed by atoms with van der Waals surface area (Å²) in [5.41, 5.74) is 0. The maximum absolute atomic E-state index is 5.65. The van der Waals surface area contributed by atoms with E-state index in [0.717, 1.165) is 19.0 Å². The number of anilines is 1. The first-order chi connectivity index (χ1) is 9.20. The van der Waals surface area contributed by atoms with Gasteiger partial charge in [-0.15, -0.1) is 0 Å². The van der Waals surface area contributed by atoms with Crippen LogP contribution < -0.4 is 15.0 Å². The van der Waals surface area contributed by atoms with Crippen molar-refractivity contribution in [3.63, 3.8) is 0 Å². The summed E-state index contributed by atoms with van der Waals surface area (Å²) in [5.74, 6) is 1.45. The lowest BCUT2D eigenvalue weighted by Crippen LogP contribution is -2.45.